The highest BCUT2D eigenvalue weighted by Gasteiger charge is 2.08. The molecular formula is C20H31N5. The predicted octanol–water partition coefficient (Wildman–Crippen LogP) is 2.77. The SMILES string of the molecule is CCNC(=NCCCc1ccccc1)NCCc1c(C)nn(C)c1C. The third kappa shape index (κ3) is 5.93. The molecule has 2 N–H and O–H groups in total. The molecule has 0 spiro atoms. The predicted molar refractivity (Wildman–Crippen MR) is 105 cm³/mol. The molecule has 2 rings (SSSR count). The Morgan fingerprint density at radius 1 is 1.12 bits per heavy atom. The minimum Gasteiger partial charge on any atom is -0.357 e. The summed E-state index contributed by atoms with van der Waals surface area (Å²) in [6.07, 6.45) is 3.08. The number of nitrogens with one attached hydrogen (secondary N) is 2. The lowest BCUT2D eigenvalue weighted by Crippen LogP contribution is -2.38. The van der Waals surface area contributed by atoms with Crippen LogP contribution in [0, 0.1) is 13.8 Å². The maximum Gasteiger partial charge on any atom is 0.191 e. The van der Waals surface area contributed by atoms with Gasteiger partial charge in [0.05, 0.1) is 5.69 Å². The fourth-order valence-corrected chi connectivity index (χ4v) is 2.95. The minimum atomic E-state index is 0.829. The van der Waals surface area contributed by atoms with Gasteiger partial charge < -0.3 is 10.6 Å². The van der Waals surface area contributed by atoms with E-state index in [1.54, 1.807) is 0 Å². The van der Waals surface area contributed by atoms with Gasteiger partial charge in [0.15, 0.2) is 5.96 Å². The van der Waals surface area contributed by atoms with Crippen LogP contribution in [0.25, 0.3) is 0 Å². The molecule has 1 aromatic heterocycles. The Hall–Kier alpha value is -2.30. The highest BCUT2D eigenvalue weighted by atomic mass is 15.3. The summed E-state index contributed by atoms with van der Waals surface area (Å²) in [5.41, 5.74) is 5.06. The second-order valence-corrected chi connectivity index (χ2v) is 6.30. The number of aliphatic imine (C=N–C) groups is 1. The molecule has 0 saturated carbocycles. The topological polar surface area (TPSA) is 54.2 Å². The van der Waals surface area contributed by atoms with Crippen LogP contribution in [0.15, 0.2) is 35.3 Å². The summed E-state index contributed by atoms with van der Waals surface area (Å²) in [7, 11) is 2.00. The first-order chi connectivity index (χ1) is 12.1. The first-order valence-electron chi connectivity index (χ1n) is 9.17. The lowest BCUT2D eigenvalue weighted by atomic mass is 10.1. The summed E-state index contributed by atoms with van der Waals surface area (Å²) >= 11 is 0. The number of hydrogen-bond donors (Lipinski definition) is 2. The zero-order valence-electron chi connectivity index (χ0n) is 16.0. The smallest absolute Gasteiger partial charge is 0.191 e. The van der Waals surface area contributed by atoms with Crippen LogP contribution >= 0.6 is 0 Å². The maximum atomic E-state index is 4.68. The van der Waals surface area contributed by atoms with Crippen LogP contribution < -0.4 is 10.6 Å². The van der Waals surface area contributed by atoms with Crippen LogP contribution in [0.3, 0.4) is 0 Å². The van der Waals surface area contributed by atoms with Crippen molar-refractivity contribution in [1.29, 1.82) is 0 Å². The van der Waals surface area contributed by atoms with Gasteiger partial charge in [-0.3, -0.25) is 9.67 Å². The van der Waals surface area contributed by atoms with Crippen molar-refractivity contribution in [3.8, 4) is 0 Å². The lowest BCUT2D eigenvalue weighted by Gasteiger charge is -2.11. The molecule has 0 bridgehead atoms. The van der Waals surface area contributed by atoms with Crippen LogP contribution in [0.2, 0.25) is 0 Å². The molecule has 5 nitrogen and oxygen atoms in total. The van der Waals surface area contributed by atoms with Gasteiger partial charge in [-0.05, 0) is 51.2 Å². The van der Waals surface area contributed by atoms with Gasteiger partial charge in [0.25, 0.3) is 0 Å². The van der Waals surface area contributed by atoms with Crippen molar-refractivity contribution in [3.05, 3.63) is 52.8 Å². The van der Waals surface area contributed by atoms with Crippen LogP contribution in [0.4, 0.5) is 0 Å². The van der Waals surface area contributed by atoms with E-state index in [-0.39, 0.29) is 0 Å². The summed E-state index contributed by atoms with van der Waals surface area (Å²) in [5.74, 6) is 0.898. The Balaban J connectivity index is 1.79. The van der Waals surface area contributed by atoms with Crippen molar-refractivity contribution in [2.24, 2.45) is 12.0 Å². The zero-order chi connectivity index (χ0) is 18.1. The molecule has 0 aliphatic rings. The summed E-state index contributed by atoms with van der Waals surface area (Å²) in [4.78, 5) is 4.68. The average Bonchev–Trinajstić information content (AvgIpc) is 2.85. The number of aromatic nitrogens is 2. The number of guanidine groups is 1. The Morgan fingerprint density at radius 3 is 2.52 bits per heavy atom. The zero-order valence-corrected chi connectivity index (χ0v) is 16.0. The van der Waals surface area contributed by atoms with E-state index in [0.29, 0.717) is 0 Å². The Kier molecular flexibility index (Phi) is 7.51. The first-order valence-corrected chi connectivity index (χ1v) is 9.17. The van der Waals surface area contributed by atoms with Crippen LogP contribution in [-0.2, 0) is 19.9 Å². The molecule has 5 heteroatoms. The van der Waals surface area contributed by atoms with Crippen molar-refractivity contribution < 1.29 is 0 Å². The van der Waals surface area contributed by atoms with E-state index in [4.69, 9.17) is 0 Å². The molecule has 0 atom stereocenters. The van der Waals surface area contributed by atoms with E-state index < -0.39 is 0 Å². The molecule has 0 unspecified atom stereocenters. The average molecular weight is 342 g/mol. The first kappa shape index (κ1) is 19.0. The molecule has 0 aliphatic carbocycles. The van der Waals surface area contributed by atoms with Gasteiger partial charge >= 0.3 is 0 Å². The summed E-state index contributed by atoms with van der Waals surface area (Å²) in [6.45, 7) is 8.85. The number of hydrogen-bond acceptors (Lipinski definition) is 2. The van der Waals surface area contributed by atoms with E-state index in [1.807, 2.05) is 11.7 Å². The minimum absolute atomic E-state index is 0.829. The van der Waals surface area contributed by atoms with Crippen molar-refractivity contribution in [3.63, 3.8) is 0 Å². The molecule has 0 amide bonds. The van der Waals surface area contributed by atoms with Gasteiger partial charge in [0.1, 0.15) is 0 Å². The van der Waals surface area contributed by atoms with Crippen LogP contribution in [0.5, 0.6) is 0 Å². The lowest BCUT2D eigenvalue weighted by molar-refractivity contribution is 0.728. The molecule has 0 fully saturated rings. The van der Waals surface area contributed by atoms with Gasteiger partial charge in [-0.1, -0.05) is 30.3 Å². The molecule has 2 aromatic rings. The van der Waals surface area contributed by atoms with Crippen LogP contribution in [0.1, 0.15) is 35.9 Å². The summed E-state index contributed by atoms with van der Waals surface area (Å²) < 4.78 is 1.95. The molecule has 136 valence electrons. The third-order valence-corrected chi connectivity index (χ3v) is 4.41. The highest BCUT2D eigenvalue weighted by molar-refractivity contribution is 5.79. The number of nitrogens with zero attached hydrogens (tertiary/aromatic N) is 3. The number of rotatable bonds is 8. The van der Waals surface area contributed by atoms with Crippen molar-refractivity contribution >= 4 is 5.96 Å². The Bertz CT molecular complexity index is 673. The summed E-state index contributed by atoms with van der Waals surface area (Å²) in [6, 6.07) is 10.6. The Morgan fingerprint density at radius 2 is 1.88 bits per heavy atom. The van der Waals surface area contributed by atoms with Gasteiger partial charge in [-0.15, -0.1) is 0 Å². The van der Waals surface area contributed by atoms with Crippen molar-refractivity contribution in [2.75, 3.05) is 19.6 Å². The number of aryl methyl sites for hydroxylation is 3. The third-order valence-electron chi connectivity index (χ3n) is 4.41. The molecule has 25 heavy (non-hydrogen) atoms. The second kappa shape index (κ2) is 9.87. The largest absolute Gasteiger partial charge is 0.357 e. The summed E-state index contributed by atoms with van der Waals surface area (Å²) in [5, 5.41) is 11.2. The normalized spacial score (nSPS) is 11.6. The van der Waals surface area contributed by atoms with Gasteiger partial charge in [0.2, 0.25) is 0 Å². The highest BCUT2D eigenvalue weighted by Crippen LogP contribution is 2.11. The van der Waals surface area contributed by atoms with E-state index in [2.05, 4.69) is 71.8 Å². The van der Waals surface area contributed by atoms with E-state index in [1.165, 1.54) is 16.8 Å². The standard InChI is InChI=1S/C20H31N5/c1-5-21-20(22-14-9-12-18-10-7-6-8-11-18)23-15-13-19-16(2)24-25(4)17(19)3/h6-8,10-11H,5,9,12-15H2,1-4H3,(H2,21,22,23). The van der Waals surface area contributed by atoms with E-state index in [9.17, 15) is 0 Å². The molecule has 0 saturated heterocycles. The molecule has 0 radical (unpaired) electrons. The molecular weight excluding hydrogens is 310 g/mol. The number of benzene rings is 1. The maximum absolute atomic E-state index is 4.68. The van der Waals surface area contributed by atoms with Gasteiger partial charge in [-0.25, -0.2) is 0 Å². The second-order valence-electron chi connectivity index (χ2n) is 6.30. The quantitative estimate of drug-likeness (QED) is 0.441. The van der Waals surface area contributed by atoms with E-state index in [0.717, 1.165) is 50.6 Å². The van der Waals surface area contributed by atoms with Gasteiger partial charge in [0, 0.05) is 32.4 Å². The Labute approximate surface area is 151 Å². The van der Waals surface area contributed by atoms with Gasteiger partial charge in [-0.2, -0.15) is 5.10 Å². The molecule has 1 heterocycles. The monoisotopic (exact) mass is 341 g/mol. The van der Waals surface area contributed by atoms with Crippen LogP contribution in [-0.4, -0.2) is 35.4 Å². The fourth-order valence-electron chi connectivity index (χ4n) is 2.95. The molecule has 1 aromatic carbocycles. The van der Waals surface area contributed by atoms with E-state index >= 15 is 0 Å². The molecule has 0 aliphatic heterocycles. The van der Waals surface area contributed by atoms with Crippen molar-refractivity contribution in [1.82, 2.24) is 20.4 Å². The van der Waals surface area contributed by atoms with Crippen molar-refractivity contribution in [2.45, 2.75) is 40.0 Å². The fraction of sp³-hybridized carbons (Fsp3) is 0.500.